The van der Waals surface area contributed by atoms with Crippen LogP contribution in [0, 0.1) is 20.8 Å². The molecule has 0 bridgehead atoms. The number of benzene rings is 1. The van der Waals surface area contributed by atoms with Gasteiger partial charge in [-0.1, -0.05) is 25.3 Å². The zero-order valence-corrected chi connectivity index (χ0v) is 15.8. The molecule has 5 heteroatoms. The second kappa shape index (κ2) is 7.85. The van der Waals surface area contributed by atoms with Crippen molar-refractivity contribution in [2.24, 2.45) is 0 Å². The summed E-state index contributed by atoms with van der Waals surface area (Å²) >= 11 is 0. The van der Waals surface area contributed by atoms with E-state index in [1.54, 1.807) is 6.07 Å². The highest BCUT2D eigenvalue weighted by Crippen LogP contribution is 2.24. The fraction of sp³-hybridized carbons (Fsp3) is 0.476. The Kier molecular flexibility index (Phi) is 5.55. The second-order valence-corrected chi connectivity index (χ2v) is 7.37. The summed E-state index contributed by atoms with van der Waals surface area (Å²) in [7, 11) is 0. The molecule has 1 amide bonds. The largest absolute Gasteiger partial charge is 0.352 e. The van der Waals surface area contributed by atoms with Crippen LogP contribution in [0.2, 0.25) is 0 Å². The molecule has 1 aliphatic rings. The van der Waals surface area contributed by atoms with E-state index in [1.165, 1.54) is 28.3 Å². The fourth-order valence-electron chi connectivity index (χ4n) is 3.60. The summed E-state index contributed by atoms with van der Waals surface area (Å²) in [6.45, 7) is 6.14. The van der Waals surface area contributed by atoms with E-state index in [2.05, 4.69) is 36.4 Å². The molecule has 0 spiro atoms. The average Bonchev–Trinajstić information content (AvgIpc) is 2.61. The van der Waals surface area contributed by atoms with Gasteiger partial charge in [0, 0.05) is 17.7 Å². The Hall–Kier alpha value is -2.43. The number of aryl methyl sites for hydroxylation is 3. The predicted octanol–water partition coefficient (Wildman–Crippen LogP) is 3.28. The van der Waals surface area contributed by atoms with Crippen molar-refractivity contribution < 1.29 is 4.79 Å². The third-order valence-electron chi connectivity index (χ3n) is 5.25. The lowest BCUT2D eigenvalue weighted by Gasteiger charge is -2.22. The van der Waals surface area contributed by atoms with Crippen LogP contribution in [0.25, 0.3) is 11.3 Å². The monoisotopic (exact) mass is 353 g/mol. The zero-order chi connectivity index (χ0) is 18.7. The van der Waals surface area contributed by atoms with Gasteiger partial charge in [-0.3, -0.25) is 9.59 Å². The summed E-state index contributed by atoms with van der Waals surface area (Å²) in [4.78, 5) is 24.5. The van der Waals surface area contributed by atoms with E-state index in [9.17, 15) is 9.59 Å². The molecule has 1 aromatic carbocycles. The van der Waals surface area contributed by atoms with Crippen LogP contribution in [-0.4, -0.2) is 21.7 Å². The first-order chi connectivity index (χ1) is 12.4. The molecule has 0 saturated heterocycles. The molecule has 1 N–H and O–H groups in total. The summed E-state index contributed by atoms with van der Waals surface area (Å²) in [6.07, 6.45) is 5.60. The van der Waals surface area contributed by atoms with E-state index >= 15 is 0 Å². The topological polar surface area (TPSA) is 64.0 Å². The average molecular weight is 353 g/mol. The van der Waals surface area contributed by atoms with Gasteiger partial charge in [-0.25, -0.2) is 4.68 Å². The van der Waals surface area contributed by atoms with Gasteiger partial charge in [0.1, 0.15) is 6.54 Å². The predicted molar refractivity (Wildman–Crippen MR) is 103 cm³/mol. The van der Waals surface area contributed by atoms with E-state index in [0.717, 1.165) is 42.5 Å². The maximum Gasteiger partial charge on any atom is 0.267 e. The maximum atomic E-state index is 12.3. The first-order valence-electron chi connectivity index (χ1n) is 9.40. The molecule has 0 radical (unpaired) electrons. The van der Waals surface area contributed by atoms with Crippen LogP contribution in [0.15, 0.2) is 29.1 Å². The number of nitrogens with zero attached hydrogens (tertiary/aromatic N) is 2. The molecule has 138 valence electrons. The van der Waals surface area contributed by atoms with E-state index in [1.807, 2.05) is 6.92 Å². The minimum Gasteiger partial charge on any atom is -0.352 e. The molecule has 2 aromatic rings. The van der Waals surface area contributed by atoms with Crippen molar-refractivity contribution >= 4 is 5.91 Å². The molecule has 0 unspecified atom stereocenters. The van der Waals surface area contributed by atoms with Gasteiger partial charge in [0.15, 0.2) is 0 Å². The van der Waals surface area contributed by atoms with Crippen LogP contribution in [0.1, 0.15) is 48.8 Å². The van der Waals surface area contributed by atoms with Crippen molar-refractivity contribution in [3.05, 3.63) is 51.3 Å². The lowest BCUT2D eigenvalue weighted by molar-refractivity contribution is -0.122. The van der Waals surface area contributed by atoms with Gasteiger partial charge in [0.2, 0.25) is 5.91 Å². The summed E-state index contributed by atoms with van der Waals surface area (Å²) in [5.41, 5.74) is 4.98. The van der Waals surface area contributed by atoms with Crippen LogP contribution in [0.5, 0.6) is 0 Å². The first kappa shape index (κ1) is 18.4. The molecule has 3 rings (SSSR count). The quantitative estimate of drug-likeness (QED) is 0.917. The standard InChI is InChI=1S/C21H27N3O2/c1-14-11-16(3)18(12-15(14)2)19-9-10-21(26)24(23-19)13-20(25)22-17-7-5-4-6-8-17/h9-12,17H,4-8,13H2,1-3H3,(H,22,25). The summed E-state index contributed by atoms with van der Waals surface area (Å²) in [5, 5.41) is 7.49. The van der Waals surface area contributed by atoms with Crippen LogP contribution in [0.3, 0.4) is 0 Å². The van der Waals surface area contributed by atoms with Crippen LogP contribution in [-0.2, 0) is 11.3 Å². The Labute approximate surface area is 154 Å². The SMILES string of the molecule is Cc1cc(C)c(-c2ccc(=O)n(CC(=O)NC3CCCCC3)n2)cc1C. The minimum atomic E-state index is -0.256. The number of hydrogen-bond acceptors (Lipinski definition) is 3. The van der Waals surface area contributed by atoms with Crippen LogP contribution >= 0.6 is 0 Å². The van der Waals surface area contributed by atoms with Gasteiger partial charge < -0.3 is 5.32 Å². The van der Waals surface area contributed by atoms with Crippen molar-refractivity contribution in [1.29, 1.82) is 0 Å². The van der Waals surface area contributed by atoms with Crippen LogP contribution < -0.4 is 10.9 Å². The number of aromatic nitrogens is 2. The van der Waals surface area contributed by atoms with Crippen molar-refractivity contribution in [2.45, 2.75) is 65.5 Å². The highest BCUT2D eigenvalue weighted by molar-refractivity contribution is 5.76. The lowest BCUT2D eigenvalue weighted by Crippen LogP contribution is -2.40. The molecule has 0 aliphatic heterocycles. The van der Waals surface area contributed by atoms with Crippen LogP contribution in [0.4, 0.5) is 0 Å². The zero-order valence-electron chi connectivity index (χ0n) is 15.8. The van der Waals surface area contributed by atoms with Crippen molar-refractivity contribution in [1.82, 2.24) is 15.1 Å². The minimum absolute atomic E-state index is 0.0347. The molecule has 5 nitrogen and oxygen atoms in total. The highest BCUT2D eigenvalue weighted by Gasteiger charge is 2.17. The number of carbonyl (C=O) groups is 1. The van der Waals surface area contributed by atoms with E-state index in [-0.39, 0.29) is 24.1 Å². The number of rotatable bonds is 4. The van der Waals surface area contributed by atoms with Gasteiger partial charge in [0.25, 0.3) is 5.56 Å². The van der Waals surface area contributed by atoms with E-state index < -0.39 is 0 Å². The third-order valence-corrected chi connectivity index (χ3v) is 5.25. The molecule has 26 heavy (non-hydrogen) atoms. The smallest absolute Gasteiger partial charge is 0.267 e. The number of nitrogens with one attached hydrogen (secondary N) is 1. The summed E-state index contributed by atoms with van der Waals surface area (Å²) < 4.78 is 1.27. The Morgan fingerprint density at radius 2 is 1.77 bits per heavy atom. The molecule has 1 aliphatic carbocycles. The number of amides is 1. The third kappa shape index (κ3) is 4.21. The van der Waals surface area contributed by atoms with Gasteiger partial charge in [-0.05, 0) is 62.4 Å². The molecule has 1 aromatic heterocycles. The maximum absolute atomic E-state index is 12.3. The van der Waals surface area contributed by atoms with Gasteiger partial charge in [-0.2, -0.15) is 5.10 Å². The molecular formula is C21H27N3O2. The van der Waals surface area contributed by atoms with Crippen molar-refractivity contribution in [3.63, 3.8) is 0 Å². The van der Waals surface area contributed by atoms with E-state index in [4.69, 9.17) is 0 Å². The van der Waals surface area contributed by atoms with Gasteiger partial charge in [-0.15, -0.1) is 0 Å². The summed E-state index contributed by atoms with van der Waals surface area (Å²) in [5.74, 6) is -0.138. The first-order valence-corrected chi connectivity index (χ1v) is 9.40. The van der Waals surface area contributed by atoms with Crippen molar-refractivity contribution in [2.75, 3.05) is 0 Å². The number of hydrogen-bond donors (Lipinski definition) is 1. The molecule has 0 atom stereocenters. The van der Waals surface area contributed by atoms with Crippen molar-refractivity contribution in [3.8, 4) is 11.3 Å². The fourth-order valence-corrected chi connectivity index (χ4v) is 3.60. The Morgan fingerprint density at radius 3 is 2.50 bits per heavy atom. The second-order valence-electron chi connectivity index (χ2n) is 7.37. The highest BCUT2D eigenvalue weighted by atomic mass is 16.2. The molecular weight excluding hydrogens is 326 g/mol. The Balaban J connectivity index is 1.80. The number of carbonyl (C=O) groups excluding carboxylic acids is 1. The molecule has 1 fully saturated rings. The normalized spacial score (nSPS) is 15.0. The Bertz CT molecular complexity index is 864. The van der Waals surface area contributed by atoms with Gasteiger partial charge >= 0.3 is 0 Å². The lowest BCUT2D eigenvalue weighted by atomic mass is 9.95. The Morgan fingerprint density at radius 1 is 1.08 bits per heavy atom. The van der Waals surface area contributed by atoms with Gasteiger partial charge in [0.05, 0.1) is 5.69 Å². The molecule has 1 saturated carbocycles. The molecule has 1 heterocycles. The van der Waals surface area contributed by atoms with E-state index in [0.29, 0.717) is 0 Å². The summed E-state index contributed by atoms with van der Waals surface area (Å²) in [6, 6.07) is 7.67.